The third-order valence-electron chi connectivity index (χ3n) is 2.47. The van der Waals surface area contributed by atoms with Crippen molar-refractivity contribution in [3.63, 3.8) is 0 Å². The van der Waals surface area contributed by atoms with Crippen molar-refractivity contribution >= 4 is 0 Å². The molecule has 0 radical (unpaired) electrons. The van der Waals surface area contributed by atoms with Crippen LogP contribution in [-0.2, 0) is 0 Å². The van der Waals surface area contributed by atoms with E-state index in [0.29, 0.717) is 0 Å². The molecule has 11 heavy (non-hydrogen) atoms. The van der Waals surface area contributed by atoms with Crippen molar-refractivity contribution in [2.75, 3.05) is 6.54 Å². The summed E-state index contributed by atoms with van der Waals surface area (Å²) >= 11 is 0. The largest absolute Gasteiger partial charge is 0.324 e. The molecule has 2 nitrogen and oxygen atoms in total. The lowest BCUT2D eigenvalue weighted by molar-refractivity contribution is 0.481. The van der Waals surface area contributed by atoms with Crippen LogP contribution in [0.25, 0.3) is 0 Å². The Morgan fingerprint density at radius 3 is 2.73 bits per heavy atom. The average Bonchev–Trinajstić information content (AvgIpc) is 2.50. The first kappa shape index (κ1) is 8.39. The number of nitrogens with zero attached hydrogens (tertiary/aromatic N) is 1. The summed E-state index contributed by atoms with van der Waals surface area (Å²) in [5.41, 5.74) is 0. The van der Waals surface area contributed by atoms with E-state index >= 15 is 0 Å². The summed E-state index contributed by atoms with van der Waals surface area (Å²) in [6.45, 7) is 0.868. The van der Waals surface area contributed by atoms with Crippen LogP contribution in [0.2, 0.25) is 0 Å². The fourth-order valence-corrected chi connectivity index (χ4v) is 1.83. The lowest BCUT2D eigenvalue weighted by Crippen LogP contribution is -2.08. The van der Waals surface area contributed by atoms with Gasteiger partial charge in [0.25, 0.3) is 0 Å². The molecule has 0 unspecified atom stereocenters. The van der Waals surface area contributed by atoms with Crippen molar-refractivity contribution in [3.8, 4) is 6.19 Å². The topological polar surface area (TPSA) is 35.8 Å². The first-order chi connectivity index (χ1) is 5.43. The lowest BCUT2D eigenvalue weighted by atomic mass is 10.0. The normalized spacial score (nSPS) is 18.1. The molecule has 2 heteroatoms. The van der Waals surface area contributed by atoms with Crippen molar-refractivity contribution in [2.24, 2.45) is 5.92 Å². The van der Waals surface area contributed by atoms with E-state index in [1.807, 2.05) is 6.19 Å². The Kier molecular flexibility index (Phi) is 3.82. The third-order valence-corrected chi connectivity index (χ3v) is 2.47. The first-order valence-corrected chi connectivity index (χ1v) is 4.55. The summed E-state index contributed by atoms with van der Waals surface area (Å²) < 4.78 is 0. The van der Waals surface area contributed by atoms with Crippen LogP contribution in [0.5, 0.6) is 0 Å². The fourth-order valence-electron chi connectivity index (χ4n) is 1.83. The zero-order valence-electron chi connectivity index (χ0n) is 6.97. The molecule has 62 valence electrons. The predicted octanol–water partition coefficient (Wildman–Crippen LogP) is 2.03. The number of hydrogen-bond acceptors (Lipinski definition) is 2. The molecule has 0 aromatic rings. The van der Waals surface area contributed by atoms with E-state index < -0.39 is 0 Å². The van der Waals surface area contributed by atoms with Gasteiger partial charge in [-0.15, -0.1) is 0 Å². The van der Waals surface area contributed by atoms with Crippen LogP contribution in [0.4, 0.5) is 0 Å². The zero-order chi connectivity index (χ0) is 7.94. The van der Waals surface area contributed by atoms with Crippen LogP contribution < -0.4 is 5.32 Å². The number of hydrogen-bond donors (Lipinski definition) is 1. The van der Waals surface area contributed by atoms with Gasteiger partial charge in [0.05, 0.1) is 0 Å². The van der Waals surface area contributed by atoms with Gasteiger partial charge in [0.2, 0.25) is 0 Å². The van der Waals surface area contributed by atoms with Gasteiger partial charge in [-0.2, -0.15) is 5.26 Å². The summed E-state index contributed by atoms with van der Waals surface area (Å²) in [4.78, 5) is 0. The summed E-state index contributed by atoms with van der Waals surface area (Å²) in [5, 5.41) is 10.9. The second-order valence-corrected chi connectivity index (χ2v) is 3.33. The van der Waals surface area contributed by atoms with Gasteiger partial charge >= 0.3 is 0 Å². The Bertz CT molecular complexity index is 131. The van der Waals surface area contributed by atoms with E-state index in [9.17, 15) is 0 Å². The Balaban J connectivity index is 1.90. The van der Waals surface area contributed by atoms with Crippen LogP contribution in [0.3, 0.4) is 0 Å². The molecule has 0 aromatic carbocycles. The number of nitrogens with one attached hydrogen (secondary N) is 1. The molecular weight excluding hydrogens is 136 g/mol. The molecule has 0 heterocycles. The van der Waals surface area contributed by atoms with Crippen molar-refractivity contribution in [3.05, 3.63) is 0 Å². The van der Waals surface area contributed by atoms with Gasteiger partial charge in [-0.05, 0) is 18.8 Å². The van der Waals surface area contributed by atoms with Gasteiger partial charge in [0.1, 0.15) is 0 Å². The predicted molar refractivity (Wildman–Crippen MR) is 44.8 cm³/mol. The maximum atomic E-state index is 8.20. The molecule has 1 fully saturated rings. The smallest absolute Gasteiger partial charge is 0.176 e. The van der Waals surface area contributed by atoms with Crippen molar-refractivity contribution < 1.29 is 0 Å². The Morgan fingerprint density at radius 2 is 2.09 bits per heavy atom. The Morgan fingerprint density at radius 1 is 1.36 bits per heavy atom. The van der Waals surface area contributed by atoms with Crippen molar-refractivity contribution in [1.29, 1.82) is 5.26 Å². The molecule has 1 saturated carbocycles. The molecule has 1 aliphatic carbocycles. The van der Waals surface area contributed by atoms with Crippen LogP contribution in [0.15, 0.2) is 0 Å². The fraction of sp³-hybridized carbons (Fsp3) is 0.889. The van der Waals surface area contributed by atoms with Gasteiger partial charge in [0.15, 0.2) is 6.19 Å². The SMILES string of the molecule is N#CNCCCC1CCCC1. The van der Waals surface area contributed by atoms with Crippen molar-refractivity contribution in [2.45, 2.75) is 38.5 Å². The zero-order valence-corrected chi connectivity index (χ0v) is 6.97. The lowest BCUT2D eigenvalue weighted by Gasteiger charge is -2.06. The van der Waals surface area contributed by atoms with Crippen molar-refractivity contribution in [1.82, 2.24) is 5.32 Å². The molecule has 0 bridgehead atoms. The monoisotopic (exact) mass is 152 g/mol. The van der Waals surface area contributed by atoms with E-state index in [2.05, 4.69) is 5.32 Å². The maximum Gasteiger partial charge on any atom is 0.176 e. The Labute approximate surface area is 68.6 Å². The standard InChI is InChI=1S/C9H16N2/c10-8-11-7-3-6-9-4-1-2-5-9/h9,11H,1-7H2. The molecule has 0 aliphatic heterocycles. The second-order valence-electron chi connectivity index (χ2n) is 3.33. The minimum absolute atomic E-state index is 0.868. The van der Waals surface area contributed by atoms with E-state index in [1.54, 1.807) is 0 Å². The highest BCUT2D eigenvalue weighted by molar-refractivity contribution is 4.69. The summed E-state index contributed by atoms with van der Waals surface area (Å²) in [6, 6.07) is 0. The number of rotatable bonds is 4. The number of nitriles is 1. The highest BCUT2D eigenvalue weighted by atomic mass is 14.8. The van der Waals surface area contributed by atoms with Crippen LogP contribution in [0.1, 0.15) is 38.5 Å². The molecule has 0 atom stereocenters. The highest BCUT2D eigenvalue weighted by Crippen LogP contribution is 2.28. The molecule has 1 rings (SSSR count). The van der Waals surface area contributed by atoms with Gasteiger partial charge in [0, 0.05) is 6.54 Å². The summed E-state index contributed by atoms with van der Waals surface area (Å²) in [6.07, 6.45) is 10.1. The molecule has 1 aliphatic rings. The minimum atomic E-state index is 0.868. The third kappa shape index (κ3) is 3.27. The molecular formula is C9H16N2. The average molecular weight is 152 g/mol. The van der Waals surface area contributed by atoms with E-state index in [1.165, 1.54) is 32.1 Å². The molecule has 0 amide bonds. The van der Waals surface area contributed by atoms with Gasteiger partial charge in [-0.25, -0.2) is 0 Å². The molecule has 0 spiro atoms. The van der Waals surface area contributed by atoms with E-state index in [-0.39, 0.29) is 0 Å². The maximum absolute atomic E-state index is 8.20. The second kappa shape index (κ2) is 5.01. The molecule has 0 saturated heterocycles. The van der Waals surface area contributed by atoms with Crippen LogP contribution in [-0.4, -0.2) is 6.54 Å². The summed E-state index contributed by atoms with van der Waals surface area (Å²) in [7, 11) is 0. The van der Waals surface area contributed by atoms with Gasteiger partial charge in [-0.3, -0.25) is 0 Å². The van der Waals surface area contributed by atoms with E-state index in [4.69, 9.17) is 5.26 Å². The van der Waals surface area contributed by atoms with Crippen LogP contribution in [0, 0.1) is 17.4 Å². The minimum Gasteiger partial charge on any atom is -0.324 e. The quantitative estimate of drug-likeness (QED) is 0.380. The summed E-state index contributed by atoms with van der Waals surface area (Å²) in [5.74, 6) is 0.968. The molecule has 1 N–H and O–H groups in total. The first-order valence-electron chi connectivity index (χ1n) is 4.55. The van der Waals surface area contributed by atoms with Gasteiger partial charge in [-0.1, -0.05) is 25.7 Å². The molecule has 0 aromatic heterocycles. The highest BCUT2D eigenvalue weighted by Gasteiger charge is 2.13. The Hall–Kier alpha value is -0.710. The van der Waals surface area contributed by atoms with Crippen LogP contribution >= 0.6 is 0 Å². The van der Waals surface area contributed by atoms with E-state index in [0.717, 1.165) is 18.9 Å². The van der Waals surface area contributed by atoms with Gasteiger partial charge < -0.3 is 5.32 Å².